The fourth-order valence-corrected chi connectivity index (χ4v) is 5.86. The number of piperidine rings is 1. The molecular weight excluding hydrogens is 432 g/mol. The van der Waals surface area contributed by atoms with Crippen molar-refractivity contribution in [2.75, 3.05) is 11.9 Å². The molecule has 0 spiro atoms. The summed E-state index contributed by atoms with van der Waals surface area (Å²) >= 11 is 0. The lowest BCUT2D eigenvalue weighted by Gasteiger charge is -2.48. The summed E-state index contributed by atoms with van der Waals surface area (Å²) in [6.45, 7) is 1.07. The molecule has 2 bridgehead atoms. The molecule has 4 nitrogen and oxygen atoms in total. The van der Waals surface area contributed by atoms with E-state index in [0.29, 0.717) is 17.6 Å². The molecule has 2 aliphatic rings. The fourth-order valence-electron chi connectivity index (χ4n) is 5.86. The van der Waals surface area contributed by atoms with Gasteiger partial charge in [-0.3, -0.25) is 4.90 Å². The normalized spacial score (nSPS) is 24.1. The highest BCUT2D eigenvalue weighted by Gasteiger charge is 2.52. The summed E-state index contributed by atoms with van der Waals surface area (Å²) in [5.41, 5.74) is 4.20. The Kier molecular flexibility index (Phi) is 7.06. The lowest BCUT2D eigenvalue weighted by atomic mass is 9.79. The second kappa shape index (κ2) is 9.98. The van der Waals surface area contributed by atoms with E-state index < -0.39 is 5.97 Å². The number of carboxylic acids is 1. The van der Waals surface area contributed by atoms with Crippen molar-refractivity contribution < 1.29 is 9.90 Å². The van der Waals surface area contributed by atoms with Gasteiger partial charge in [0.05, 0.1) is 5.56 Å². The van der Waals surface area contributed by atoms with Gasteiger partial charge in [-0.1, -0.05) is 60.7 Å². The summed E-state index contributed by atoms with van der Waals surface area (Å²) in [6.07, 6.45) is 5.65. The van der Waals surface area contributed by atoms with Crippen molar-refractivity contribution in [3.63, 3.8) is 0 Å². The van der Waals surface area contributed by atoms with Gasteiger partial charge in [-0.05, 0) is 67.5 Å². The topological polar surface area (TPSA) is 52.6 Å². The number of fused-ring (bicyclic) bond motifs is 2. The molecule has 3 atom stereocenters. The van der Waals surface area contributed by atoms with Crippen molar-refractivity contribution in [1.82, 2.24) is 4.90 Å². The minimum atomic E-state index is -0.885. The SMILES string of the molecule is Cl.O=C(O)c1ccc(NC2CC3CCC(c4ccccc4)(C2)N3CCc2ccccc2)cc1. The number of benzene rings is 3. The molecule has 2 fully saturated rings. The highest BCUT2D eigenvalue weighted by molar-refractivity contribution is 5.88. The number of anilines is 1. The van der Waals surface area contributed by atoms with Crippen LogP contribution in [0.2, 0.25) is 0 Å². The Morgan fingerprint density at radius 1 is 0.970 bits per heavy atom. The predicted molar refractivity (Wildman–Crippen MR) is 135 cm³/mol. The van der Waals surface area contributed by atoms with Gasteiger partial charge in [0.15, 0.2) is 0 Å². The van der Waals surface area contributed by atoms with Gasteiger partial charge in [-0.25, -0.2) is 4.79 Å². The van der Waals surface area contributed by atoms with Crippen LogP contribution in [0.4, 0.5) is 5.69 Å². The maximum Gasteiger partial charge on any atom is 0.335 e. The maximum atomic E-state index is 11.2. The van der Waals surface area contributed by atoms with Crippen LogP contribution >= 0.6 is 12.4 Å². The molecular formula is C28H31ClN2O2. The van der Waals surface area contributed by atoms with E-state index in [1.165, 1.54) is 24.0 Å². The second-order valence-corrected chi connectivity index (χ2v) is 9.18. The van der Waals surface area contributed by atoms with Crippen molar-refractivity contribution in [1.29, 1.82) is 0 Å². The van der Waals surface area contributed by atoms with Gasteiger partial charge in [-0.15, -0.1) is 12.4 Å². The first kappa shape index (κ1) is 23.3. The van der Waals surface area contributed by atoms with Gasteiger partial charge in [0, 0.05) is 29.9 Å². The molecule has 0 saturated carbocycles. The summed E-state index contributed by atoms with van der Waals surface area (Å²) in [5.74, 6) is -0.885. The summed E-state index contributed by atoms with van der Waals surface area (Å²) < 4.78 is 0. The third-order valence-electron chi connectivity index (χ3n) is 7.32. The van der Waals surface area contributed by atoms with Gasteiger partial charge in [0.2, 0.25) is 0 Å². The Labute approximate surface area is 202 Å². The van der Waals surface area contributed by atoms with Crippen molar-refractivity contribution in [2.45, 2.75) is 49.7 Å². The van der Waals surface area contributed by atoms with E-state index in [9.17, 15) is 9.90 Å². The first-order valence-electron chi connectivity index (χ1n) is 11.6. The Balaban J connectivity index is 0.00000259. The summed E-state index contributed by atoms with van der Waals surface area (Å²) in [6, 6.07) is 29.9. The van der Waals surface area contributed by atoms with E-state index in [4.69, 9.17) is 0 Å². The number of aromatic carboxylic acids is 1. The van der Waals surface area contributed by atoms with E-state index in [1.807, 2.05) is 12.1 Å². The number of hydrogen-bond acceptors (Lipinski definition) is 3. The van der Waals surface area contributed by atoms with Crippen LogP contribution in [0.3, 0.4) is 0 Å². The second-order valence-electron chi connectivity index (χ2n) is 9.18. The highest BCUT2D eigenvalue weighted by atomic mass is 35.5. The van der Waals surface area contributed by atoms with E-state index in [1.54, 1.807) is 12.1 Å². The van der Waals surface area contributed by atoms with Gasteiger partial charge < -0.3 is 10.4 Å². The summed E-state index contributed by atoms with van der Waals surface area (Å²) in [5, 5.41) is 12.9. The zero-order valence-corrected chi connectivity index (χ0v) is 19.5. The maximum absolute atomic E-state index is 11.2. The zero-order valence-electron chi connectivity index (χ0n) is 18.7. The van der Waals surface area contributed by atoms with Crippen LogP contribution in [-0.2, 0) is 12.0 Å². The molecule has 2 aliphatic heterocycles. The molecule has 3 unspecified atom stereocenters. The van der Waals surface area contributed by atoms with E-state index in [0.717, 1.165) is 31.5 Å². The van der Waals surface area contributed by atoms with Gasteiger partial charge in [-0.2, -0.15) is 0 Å². The summed E-state index contributed by atoms with van der Waals surface area (Å²) in [7, 11) is 0. The Bertz CT molecular complexity index is 1060. The fraction of sp³-hybridized carbons (Fsp3) is 0.321. The third-order valence-corrected chi connectivity index (χ3v) is 7.32. The van der Waals surface area contributed by atoms with Crippen LogP contribution in [0.5, 0.6) is 0 Å². The lowest BCUT2D eigenvalue weighted by molar-refractivity contribution is 0.0457. The van der Waals surface area contributed by atoms with Crippen LogP contribution in [0.25, 0.3) is 0 Å². The molecule has 172 valence electrons. The Morgan fingerprint density at radius 3 is 2.30 bits per heavy atom. The first-order chi connectivity index (χ1) is 15.6. The van der Waals surface area contributed by atoms with E-state index in [2.05, 4.69) is 70.9 Å². The quantitative estimate of drug-likeness (QED) is 0.453. The molecule has 2 N–H and O–H groups in total. The number of hydrogen-bond donors (Lipinski definition) is 2. The van der Waals surface area contributed by atoms with E-state index >= 15 is 0 Å². The average Bonchev–Trinajstić information content (AvgIpc) is 3.05. The third kappa shape index (κ3) is 4.78. The minimum Gasteiger partial charge on any atom is -0.478 e. The number of halogens is 1. The number of carboxylic acid groups (broad SMARTS) is 1. The monoisotopic (exact) mass is 462 g/mol. The molecule has 3 aromatic carbocycles. The molecule has 2 saturated heterocycles. The Hall–Kier alpha value is -2.82. The van der Waals surface area contributed by atoms with Crippen LogP contribution in [0.1, 0.15) is 47.2 Å². The molecule has 0 amide bonds. The van der Waals surface area contributed by atoms with Gasteiger partial charge in [0.25, 0.3) is 0 Å². The van der Waals surface area contributed by atoms with Crippen molar-refractivity contribution in [2.24, 2.45) is 0 Å². The van der Waals surface area contributed by atoms with E-state index in [-0.39, 0.29) is 17.9 Å². The van der Waals surface area contributed by atoms with Gasteiger partial charge in [0.1, 0.15) is 0 Å². The van der Waals surface area contributed by atoms with Crippen LogP contribution in [0, 0.1) is 0 Å². The zero-order chi connectivity index (χ0) is 22.0. The standard InChI is InChI=1S/C28H30N2O2.ClH/c31-27(32)22-11-13-24(14-12-22)29-25-19-26-15-17-28(20-25,23-9-5-2-6-10-23)30(26)18-16-21-7-3-1-4-8-21;/h1-14,25-26,29H,15-20H2,(H,31,32);1H. The van der Waals surface area contributed by atoms with Crippen LogP contribution in [-0.4, -0.2) is 34.6 Å². The number of carbonyl (C=O) groups is 1. The average molecular weight is 463 g/mol. The van der Waals surface area contributed by atoms with Crippen molar-refractivity contribution in [3.05, 3.63) is 102 Å². The van der Waals surface area contributed by atoms with Crippen molar-refractivity contribution in [3.8, 4) is 0 Å². The number of rotatable bonds is 7. The number of nitrogens with one attached hydrogen (secondary N) is 1. The van der Waals surface area contributed by atoms with Crippen LogP contribution in [0.15, 0.2) is 84.9 Å². The molecule has 5 rings (SSSR count). The van der Waals surface area contributed by atoms with Crippen LogP contribution < -0.4 is 5.32 Å². The molecule has 0 aliphatic carbocycles. The molecule has 2 heterocycles. The molecule has 0 aromatic heterocycles. The Morgan fingerprint density at radius 2 is 1.64 bits per heavy atom. The highest BCUT2D eigenvalue weighted by Crippen LogP contribution is 2.51. The molecule has 0 radical (unpaired) electrons. The smallest absolute Gasteiger partial charge is 0.335 e. The first-order valence-corrected chi connectivity index (χ1v) is 11.6. The van der Waals surface area contributed by atoms with Crippen molar-refractivity contribution >= 4 is 24.1 Å². The largest absolute Gasteiger partial charge is 0.478 e. The van der Waals surface area contributed by atoms with Gasteiger partial charge >= 0.3 is 5.97 Å². The predicted octanol–water partition coefficient (Wildman–Crippen LogP) is 5.98. The minimum absolute atomic E-state index is 0. The molecule has 33 heavy (non-hydrogen) atoms. The number of nitrogens with zero attached hydrogens (tertiary/aromatic N) is 1. The molecule has 5 heteroatoms. The lowest BCUT2D eigenvalue weighted by Crippen LogP contribution is -2.54. The summed E-state index contributed by atoms with van der Waals surface area (Å²) in [4.78, 5) is 13.9. The molecule has 3 aromatic rings.